The molecule has 0 aromatic heterocycles. The molecule has 1 saturated heterocycles. The largest absolute Gasteiger partial charge is 0.382 e. The molecule has 21 heavy (non-hydrogen) atoms. The van der Waals surface area contributed by atoms with E-state index >= 15 is 0 Å². The highest BCUT2D eigenvalue weighted by atomic mass is 32.2. The summed E-state index contributed by atoms with van der Waals surface area (Å²) in [7, 11) is -3.22. The van der Waals surface area contributed by atoms with E-state index in [1.165, 1.54) is 0 Å². The SMILES string of the molecule is CCC1(C)CC(Nc2ccc(NS(C)(=O)=O)cc2)CCO1. The summed E-state index contributed by atoms with van der Waals surface area (Å²) in [6.07, 6.45) is 4.11. The number of ether oxygens (including phenoxy) is 1. The predicted octanol–water partition coefficient (Wildman–Crippen LogP) is 2.82. The monoisotopic (exact) mass is 312 g/mol. The van der Waals surface area contributed by atoms with E-state index in [-0.39, 0.29) is 5.60 Å². The summed E-state index contributed by atoms with van der Waals surface area (Å²) in [5.41, 5.74) is 1.53. The third-order valence-electron chi connectivity index (χ3n) is 3.90. The Hall–Kier alpha value is -1.27. The lowest BCUT2D eigenvalue weighted by Gasteiger charge is -2.38. The van der Waals surface area contributed by atoms with Crippen molar-refractivity contribution in [1.29, 1.82) is 0 Å². The van der Waals surface area contributed by atoms with Gasteiger partial charge in [0.1, 0.15) is 0 Å². The minimum Gasteiger partial charge on any atom is -0.382 e. The van der Waals surface area contributed by atoms with Gasteiger partial charge in [-0.2, -0.15) is 0 Å². The zero-order valence-corrected chi connectivity index (χ0v) is 13.7. The lowest BCUT2D eigenvalue weighted by atomic mass is 9.90. The molecule has 0 bridgehead atoms. The fourth-order valence-corrected chi connectivity index (χ4v) is 3.15. The predicted molar refractivity (Wildman–Crippen MR) is 86.2 cm³/mol. The van der Waals surface area contributed by atoms with Crippen molar-refractivity contribution < 1.29 is 13.2 Å². The molecule has 0 aliphatic carbocycles. The van der Waals surface area contributed by atoms with Gasteiger partial charge in [-0.05, 0) is 50.5 Å². The maximum Gasteiger partial charge on any atom is 0.229 e. The van der Waals surface area contributed by atoms with Crippen LogP contribution in [0, 0.1) is 0 Å². The maximum atomic E-state index is 11.2. The van der Waals surface area contributed by atoms with E-state index < -0.39 is 10.0 Å². The molecule has 0 amide bonds. The molecule has 2 atom stereocenters. The molecule has 2 unspecified atom stereocenters. The molecule has 1 aromatic carbocycles. The molecule has 1 fully saturated rings. The van der Waals surface area contributed by atoms with Gasteiger partial charge < -0.3 is 10.1 Å². The van der Waals surface area contributed by atoms with Gasteiger partial charge in [-0.3, -0.25) is 4.72 Å². The summed E-state index contributed by atoms with van der Waals surface area (Å²) in [5.74, 6) is 0. The average molecular weight is 312 g/mol. The van der Waals surface area contributed by atoms with Crippen LogP contribution in [0.5, 0.6) is 0 Å². The van der Waals surface area contributed by atoms with E-state index in [2.05, 4.69) is 23.9 Å². The van der Waals surface area contributed by atoms with Gasteiger partial charge in [-0.1, -0.05) is 6.92 Å². The van der Waals surface area contributed by atoms with E-state index in [9.17, 15) is 8.42 Å². The van der Waals surface area contributed by atoms with E-state index in [0.29, 0.717) is 11.7 Å². The minimum atomic E-state index is -3.22. The van der Waals surface area contributed by atoms with E-state index in [1.807, 2.05) is 12.1 Å². The van der Waals surface area contributed by atoms with Gasteiger partial charge in [0.05, 0.1) is 11.9 Å². The van der Waals surface area contributed by atoms with Crippen molar-refractivity contribution in [2.75, 3.05) is 22.9 Å². The number of sulfonamides is 1. The van der Waals surface area contributed by atoms with Gasteiger partial charge in [0, 0.05) is 24.0 Å². The van der Waals surface area contributed by atoms with Gasteiger partial charge in [0.2, 0.25) is 10.0 Å². The molecule has 118 valence electrons. The molecule has 0 saturated carbocycles. The van der Waals surface area contributed by atoms with Crippen LogP contribution in [-0.4, -0.2) is 32.9 Å². The van der Waals surface area contributed by atoms with Crippen molar-refractivity contribution in [3.63, 3.8) is 0 Å². The number of rotatable bonds is 5. The number of benzene rings is 1. The van der Waals surface area contributed by atoms with Crippen LogP contribution < -0.4 is 10.0 Å². The first-order valence-corrected chi connectivity index (χ1v) is 9.17. The first-order valence-electron chi connectivity index (χ1n) is 7.28. The van der Waals surface area contributed by atoms with Gasteiger partial charge in [-0.25, -0.2) is 8.42 Å². The van der Waals surface area contributed by atoms with Crippen LogP contribution in [0.3, 0.4) is 0 Å². The molecule has 2 rings (SSSR count). The van der Waals surface area contributed by atoms with Crippen LogP contribution in [0.2, 0.25) is 0 Å². The summed E-state index contributed by atoms with van der Waals surface area (Å²) in [6.45, 7) is 5.07. The molecular formula is C15H24N2O3S. The summed E-state index contributed by atoms with van der Waals surface area (Å²) in [5, 5.41) is 3.50. The highest BCUT2D eigenvalue weighted by molar-refractivity contribution is 7.92. The van der Waals surface area contributed by atoms with Crippen molar-refractivity contribution in [2.24, 2.45) is 0 Å². The number of anilines is 2. The summed E-state index contributed by atoms with van der Waals surface area (Å²) < 4.78 is 30.6. The van der Waals surface area contributed by atoms with Gasteiger partial charge in [0.15, 0.2) is 0 Å². The number of hydrogen-bond acceptors (Lipinski definition) is 4. The highest BCUT2D eigenvalue weighted by Crippen LogP contribution is 2.29. The van der Waals surface area contributed by atoms with Crippen LogP contribution in [-0.2, 0) is 14.8 Å². The molecule has 1 aliphatic heterocycles. The van der Waals surface area contributed by atoms with Gasteiger partial charge >= 0.3 is 0 Å². The first-order chi connectivity index (χ1) is 9.80. The van der Waals surface area contributed by atoms with Crippen molar-refractivity contribution in [3.8, 4) is 0 Å². The lowest BCUT2D eigenvalue weighted by molar-refractivity contribution is -0.0708. The Kier molecular flexibility index (Phi) is 4.78. The third kappa shape index (κ3) is 4.89. The molecule has 1 aromatic rings. The molecule has 1 heterocycles. The number of nitrogens with one attached hydrogen (secondary N) is 2. The molecule has 0 radical (unpaired) electrons. The second-order valence-corrected chi connectivity index (χ2v) is 7.69. The zero-order chi connectivity index (χ0) is 15.5. The quantitative estimate of drug-likeness (QED) is 0.877. The van der Waals surface area contributed by atoms with Crippen LogP contribution >= 0.6 is 0 Å². The fourth-order valence-electron chi connectivity index (χ4n) is 2.58. The normalized spacial score (nSPS) is 26.3. The molecule has 6 heteroatoms. The van der Waals surface area contributed by atoms with Crippen molar-refractivity contribution in [2.45, 2.75) is 44.8 Å². The Balaban J connectivity index is 1.97. The number of hydrogen-bond donors (Lipinski definition) is 2. The van der Waals surface area contributed by atoms with Gasteiger partial charge in [-0.15, -0.1) is 0 Å². The highest BCUT2D eigenvalue weighted by Gasteiger charge is 2.31. The Bertz CT molecular complexity index is 571. The fraction of sp³-hybridized carbons (Fsp3) is 0.600. The van der Waals surface area contributed by atoms with Crippen molar-refractivity contribution in [3.05, 3.63) is 24.3 Å². The first kappa shape index (κ1) is 16.1. The minimum absolute atomic E-state index is 0.0479. The molecule has 5 nitrogen and oxygen atoms in total. The van der Waals surface area contributed by atoms with Crippen molar-refractivity contribution in [1.82, 2.24) is 0 Å². The maximum absolute atomic E-state index is 11.2. The smallest absolute Gasteiger partial charge is 0.229 e. The lowest BCUT2D eigenvalue weighted by Crippen LogP contribution is -2.41. The standard InChI is InChI=1S/C15H24N2O3S/c1-4-15(2)11-14(9-10-20-15)16-12-5-7-13(8-6-12)17-21(3,18)19/h5-8,14,16-17H,4,9-11H2,1-3H3. The van der Waals surface area contributed by atoms with Crippen molar-refractivity contribution >= 4 is 21.4 Å². The topological polar surface area (TPSA) is 67.4 Å². The Morgan fingerprint density at radius 2 is 1.90 bits per heavy atom. The van der Waals surface area contributed by atoms with E-state index in [1.54, 1.807) is 12.1 Å². The second-order valence-electron chi connectivity index (χ2n) is 5.94. The molecule has 0 spiro atoms. The summed E-state index contributed by atoms with van der Waals surface area (Å²) >= 11 is 0. The van der Waals surface area contributed by atoms with Crippen LogP contribution in [0.4, 0.5) is 11.4 Å². The molecule has 1 aliphatic rings. The third-order valence-corrected chi connectivity index (χ3v) is 4.51. The summed E-state index contributed by atoms with van der Waals surface area (Å²) in [4.78, 5) is 0. The average Bonchev–Trinajstić information content (AvgIpc) is 2.40. The van der Waals surface area contributed by atoms with Gasteiger partial charge in [0.25, 0.3) is 0 Å². The Morgan fingerprint density at radius 3 is 2.48 bits per heavy atom. The second kappa shape index (κ2) is 6.23. The van der Waals surface area contributed by atoms with Crippen LogP contribution in [0.25, 0.3) is 0 Å². The van der Waals surface area contributed by atoms with E-state index in [4.69, 9.17) is 4.74 Å². The summed E-state index contributed by atoms with van der Waals surface area (Å²) in [6, 6.07) is 7.71. The molecular weight excluding hydrogens is 288 g/mol. The Morgan fingerprint density at radius 1 is 1.29 bits per heavy atom. The Labute approximate surface area is 127 Å². The molecule has 2 N–H and O–H groups in total. The van der Waals surface area contributed by atoms with Crippen LogP contribution in [0.1, 0.15) is 33.1 Å². The van der Waals surface area contributed by atoms with Crippen LogP contribution in [0.15, 0.2) is 24.3 Å². The zero-order valence-electron chi connectivity index (χ0n) is 12.8. The van der Waals surface area contributed by atoms with E-state index in [0.717, 1.165) is 37.8 Å².